The number of fused-ring (bicyclic) bond motifs is 1. The highest BCUT2D eigenvalue weighted by Crippen LogP contribution is 2.32. The Balaban J connectivity index is 1.42. The molecule has 1 saturated heterocycles. The molecule has 1 aliphatic rings. The van der Waals surface area contributed by atoms with E-state index in [4.69, 9.17) is 9.97 Å². The molecular formula is C26H22F3N5O. The molecule has 0 radical (unpaired) electrons. The Bertz CT molecular complexity index is 1380. The Morgan fingerprint density at radius 2 is 1.71 bits per heavy atom. The lowest BCUT2D eigenvalue weighted by Crippen LogP contribution is -2.49. The van der Waals surface area contributed by atoms with E-state index in [-0.39, 0.29) is 5.56 Å². The number of nitrogens with zero attached hydrogens (tertiary/aromatic N) is 5. The second-order valence-electron chi connectivity index (χ2n) is 8.44. The number of hydrogen-bond donors (Lipinski definition) is 0. The Morgan fingerprint density at radius 1 is 0.943 bits per heavy atom. The third-order valence-corrected chi connectivity index (χ3v) is 6.14. The third kappa shape index (κ3) is 4.53. The topological polar surface area (TPSA) is 62.2 Å². The summed E-state index contributed by atoms with van der Waals surface area (Å²) in [5, 5.41) is 0.942. The second-order valence-corrected chi connectivity index (χ2v) is 8.44. The summed E-state index contributed by atoms with van der Waals surface area (Å²) < 4.78 is 39.2. The van der Waals surface area contributed by atoms with Crippen LogP contribution >= 0.6 is 0 Å². The Labute approximate surface area is 200 Å². The van der Waals surface area contributed by atoms with Gasteiger partial charge in [0.1, 0.15) is 5.82 Å². The van der Waals surface area contributed by atoms with Gasteiger partial charge in [0.15, 0.2) is 5.82 Å². The molecule has 0 aliphatic carbocycles. The molecule has 0 spiro atoms. The summed E-state index contributed by atoms with van der Waals surface area (Å²) in [4.78, 5) is 30.4. The zero-order valence-electron chi connectivity index (χ0n) is 19.0. The SMILES string of the molecule is Cc1cccc2nc(-c3cccnc3)nc(N3CCN(C(=O)c4cccc(C(F)(F)F)c4)CC3)c12. The minimum atomic E-state index is -4.49. The van der Waals surface area contributed by atoms with E-state index in [2.05, 4.69) is 9.88 Å². The molecule has 9 heteroatoms. The first kappa shape index (κ1) is 22.8. The highest BCUT2D eigenvalue weighted by molar-refractivity contribution is 5.95. The maximum atomic E-state index is 13.1. The number of benzene rings is 2. The summed E-state index contributed by atoms with van der Waals surface area (Å²) in [6.07, 6.45) is -1.09. The zero-order valence-corrected chi connectivity index (χ0v) is 19.0. The molecule has 2 aromatic heterocycles. The van der Waals surface area contributed by atoms with Gasteiger partial charge >= 0.3 is 6.18 Å². The van der Waals surface area contributed by atoms with Crippen molar-refractivity contribution in [3.8, 4) is 11.4 Å². The minimum absolute atomic E-state index is 0.0375. The summed E-state index contributed by atoms with van der Waals surface area (Å²) in [6, 6.07) is 14.2. The van der Waals surface area contributed by atoms with Gasteiger partial charge in [0.25, 0.3) is 5.91 Å². The first-order chi connectivity index (χ1) is 16.8. The van der Waals surface area contributed by atoms with Crippen molar-refractivity contribution in [1.29, 1.82) is 0 Å². The van der Waals surface area contributed by atoms with Gasteiger partial charge in [-0.05, 0) is 48.9 Å². The van der Waals surface area contributed by atoms with Gasteiger partial charge in [0.05, 0.1) is 11.1 Å². The van der Waals surface area contributed by atoms with E-state index in [0.717, 1.165) is 40.0 Å². The molecule has 6 nitrogen and oxygen atoms in total. The fourth-order valence-electron chi connectivity index (χ4n) is 4.32. The van der Waals surface area contributed by atoms with Crippen LogP contribution in [-0.2, 0) is 6.18 Å². The van der Waals surface area contributed by atoms with Crippen LogP contribution in [0.5, 0.6) is 0 Å². The van der Waals surface area contributed by atoms with E-state index in [9.17, 15) is 18.0 Å². The lowest BCUT2D eigenvalue weighted by atomic mass is 10.1. The van der Waals surface area contributed by atoms with Gasteiger partial charge in [-0.1, -0.05) is 18.2 Å². The molecule has 1 amide bonds. The van der Waals surface area contributed by atoms with Crippen LogP contribution in [0.25, 0.3) is 22.3 Å². The minimum Gasteiger partial charge on any atom is -0.352 e. The van der Waals surface area contributed by atoms with Crippen LogP contribution in [0.2, 0.25) is 0 Å². The van der Waals surface area contributed by atoms with Crippen molar-refractivity contribution in [2.75, 3.05) is 31.1 Å². The molecule has 0 saturated carbocycles. The van der Waals surface area contributed by atoms with Gasteiger partial charge < -0.3 is 9.80 Å². The van der Waals surface area contributed by atoms with Crippen molar-refractivity contribution >= 4 is 22.6 Å². The molecule has 0 bridgehead atoms. The van der Waals surface area contributed by atoms with Gasteiger partial charge in [-0.3, -0.25) is 9.78 Å². The van der Waals surface area contributed by atoms with Crippen molar-refractivity contribution < 1.29 is 18.0 Å². The Hall–Kier alpha value is -4.01. The Kier molecular flexibility index (Phi) is 5.84. The number of anilines is 1. The lowest BCUT2D eigenvalue weighted by molar-refractivity contribution is -0.137. The number of hydrogen-bond acceptors (Lipinski definition) is 5. The molecule has 0 unspecified atom stereocenters. The van der Waals surface area contributed by atoms with Crippen LogP contribution in [-0.4, -0.2) is 51.9 Å². The number of carbonyl (C=O) groups is 1. The lowest BCUT2D eigenvalue weighted by Gasteiger charge is -2.36. The largest absolute Gasteiger partial charge is 0.416 e. The van der Waals surface area contributed by atoms with E-state index in [1.165, 1.54) is 12.1 Å². The highest BCUT2D eigenvalue weighted by atomic mass is 19.4. The van der Waals surface area contributed by atoms with Crippen LogP contribution in [0.4, 0.5) is 19.0 Å². The predicted molar refractivity (Wildman–Crippen MR) is 127 cm³/mol. The molecule has 0 atom stereocenters. The molecule has 1 aliphatic heterocycles. The average Bonchev–Trinajstić information content (AvgIpc) is 2.88. The van der Waals surface area contributed by atoms with Crippen molar-refractivity contribution in [3.63, 3.8) is 0 Å². The molecular weight excluding hydrogens is 455 g/mol. The number of aryl methyl sites for hydroxylation is 1. The average molecular weight is 477 g/mol. The molecule has 178 valence electrons. The van der Waals surface area contributed by atoms with Gasteiger partial charge in [-0.15, -0.1) is 0 Å². The van der Waals surface area contributed by atoms with Crippen molar-refractivity contribution in [1.82, 2.24) is 19.9 Å². The van der Waals surface area contributed by atoms with Gasteiger partial charge in [-0.25, -0.2) is 9.97 Å². The summed E-state index contributed by atoms with van der Waals surface area (Å²) in [5.74, 6) is 0.933. The quantitative estimate of drug-likeness (QED) is 0.417. The molecule has 1 fully saturated rings. The number of halogens is 3. The maximum Gasteiger partial charge on any atom is 0.416 e. The summed E-state index contributed by atoms with van der Waals surface area (Å²) in [6.45, 7) is 3.74. The van der Waals surface area contributed by atoms with E-state index in [1.54, 1.807) is 17.3 Å². The smallest absolute Gasteiger partial charge is 0.352 e. The molecule has 2 aromatic carbocycles. The summed E-state index contributed by atoms with van der Waals surface area (Å²) >= 11 is 0. The molecule has 5 rings (SSSR count). The third-order valence-electron chi connectivity index (χ3n) is 6.14. The van der Waals surface area contributed by atoms with Gasteiger partial charge in [-0.2, -0.15) is 13.2 Å². The van der Waals surface area contributed by atoms with E-state index >= 15 is 0 Å². The first-order valence-corrected chi connectivity index (χ1v) is 11.2. The number of alkyl halides is 3. The molecule has 0 N–H and O–H groups in total. The Morgan fingerprint density at radius 3 is 2.43 bits per heavy atom. The number of rotatable bonds is 3. The summed E-state index contributed by atoms with van der Waals surface area (Å²) in [5.41, 5.74) is 1.87. The number of carbonyl (C=O) groups excluding carboxylic acids is 1. The van der Waals surface area contributed by atoms with E-state index < -0.39 is 17.6 Å². The van der Waals surface area contributed by atoms with Crippen molar-refractivity contribution in [2.45, 2.75) is 13.1 Å². The van der Waals surface area contributed by atoms with Crippen molar-refractivity contribution in [2.24, 2.45) is 0 Å². The van der Waals surface area contributed by atoms with Crippen LogP contribution in [0, 0.1) is 6.92 Å². The fraction of sp³-hybridized carbons (Fsp3) is 0.231. The normalized spacial score (nSPS) is 14.4. The number of piperazine rings is 1. The summed E-state index contributed by atoms with van der Waals surface area (Å²) in [7, 11) is 0. The van der Waals surface area contributed by atoms with Gasteiger partial charge in [0.2, 0.25) is 0 Å². The van der Waals surface area contributed by atoms with E-state index in [1.807, 2.05) is 37.3 Å². The van der Waals surface area contributed by atoms with Crippen LogP contribution in [0.15, 0.2) is 67.0 Å². The maximum absolute atomic E-state index is 13.1. The van der Waals surface area contributed by atoms with Crippen LogP contribution < -0.4 is 4.90 Å². The fourth-order valence-corrected chi connectivity index (χ4v) is 4.32. The highest BCUT2D eigenvalue weighted by Gasteiger charge is 2.32. The first-order valence-electron chi connectivity index (χ1n) is 11.2. The molecule has 4 aromatic rings. The van der Waals surface area contributed by atoms with E-state index in [0.29, 0.717) is 32.0 Å². The monoisotopic (exact) mass is 477 g/mol. The number of amides is 1. The predicted octanol–water partition coefficient (Wildman–Crippen LogP) is 4.98. The van der Waals surface area contributed by atoms with Crippen LogP contribution in [0.1, 0.15) is 21.5 Å². The molecule has 3 heterocycles. The second kappa shape index (κ2) is 8.98. The number of aromatic nitrogens is 3. The van der Waals surface area contributed by atoms with Gasteiger partial charge in [0, 0.05) is 55.1 Å². The number of pyridine rings is 1. The standard InChI is InChI=1S/C26H22F3N5O/c1-17-5-2-9-21-22(17)24(32-23(31-21)19-7-4-10-30-16-19)33-11-13-34(14-12-33)25(35)18-6-3-8-20(15-18)26(27,28)29/h2-10,15-16H,11-14H2,1H3. The van der Waals surface area contributed by atoms with Crippen LogP contribution in [0.3, 0.4) is 0 Å². The van der Waals surface area contributed by atoms with Crippen molar-refractivity contribution in [3.05, 3.63) is 83.7 Å². The molecule has 35 heavy (non-hydrogen) atoms. The zero-order chi connectivity index (χ0) is 24.6.